The first kappa shape index (κ1) is 35.2. The molecule has 0 radical (unpaired) electrons. The highest BCUT2D eigenvalue weighted by Gasteiger charge is 2.43. The van der Waals surface area contributed by atoms with Crippen LogP contribution >= 0.6 is 0 Å². The first-order valence-corrected chi connectivity index (χ1v) is 18.4. The minimum atomic E-state index is -0.127. The van der Waals surface area contributed by atoms with Gasteiger partial charge in [0.25, 0.3) is 0 Å². The van der Waals surface area contributed by atoms with Crippen molar-refractivity contribution in [3.05, 3.63) is 143 Å². The lowest BCUT2D eigenvalue weighted by Crippen LogP contribution is -2.40. The van der Waals surface area contributed by atoms with Gasteiger partial charge in [0, 0.05) is 52.8 Å². The molecule has 0 saturated heterocycles. The van der Waals surface area contributed by atoms with Crippen molar-refractivity contribution in [2.75, 3.05) is 22.9 Å². The van der Waals surface area contributed by atoms with Gasteiger partial charge in [-0.25, -0.2) is 5.84 Å². The van der Waals surface area contributed by atoms with Gasteiger partial charge in [-0.1, -0.05) is 108 Å². The fraction of sp³-hybridized carbons (Fsp3) is 0.364. The molecule has 0 aromatic heterocycles. The summed E-state index contributed by atoms with van der Waals surface area (Å²) in [5.74, 6) is 7.18. The molecule has 2 heterocycles. The Balaban J connectivity index is 1.45. The van der Waals surface area contributed by atoms with Crippen LogP contribution in [-0.2, 0) is 10.8 Å². The molecule has 262 valence electrons. The number of aromatic hydroxyl groups is 1. The van der Waals surface area contributed by atoms with Crippen LogP contribution in [0.4, 0.5) is 11.4 Å². The number of nitrogens with zero attached hydrogens (tertiary/aromatic N) is 3. The van der Waals surface area contributed by atoms with Crippen LogP contribution in [0, 0.1) is 0 Å². The van der Waals surface area contributed by atoms with Gasteiger partial charge in [-0.05, 0) is 84.7 Å². The van der Waals surface area contributed by atoms with E-state index in [1.54, 1.807) is 29.4 Å². The molecule has 1 aliphatic carbocycles. The zero-order valence-corrected chi connectivity index (χ0v) is 30.8. The molecule has 5 N–H and O–H groups in total. The zero-order chi connectivity index (χ0) is 35.6. The van der Waals surface area contributed by atoms with Crippen molar-refractivity contribution in [2.45, 2.75) is 90.5 Å². The maximum absolute atomic E-state index is 10.1. The molecule has 0 amide bonds. The normalized spacial score (nSPS) is 21.4. The molecule has 6 heteroatoms. The van der Waals surface area contributed by atoms with E-state index in [9.17, 15) is 5.11 Å². The predicted molar refractivity (Wildman–Crippen MR) is 210 cm³/mol. The average Bonchev–Trinajstić information content (AvgIpc) is 3.44. The van der Waals surface area contributed by atoms with Gasteiger partial charge in [0.2, 0.25) is 0 Å². The number of para-hydroxylation sites is 2. The molecule has 1 unspecified atom stereocenters. The summed E-state index contributed by atoms with van der Waals surface area (Å²) in [5.41, 5.74) is 17.7. The Labute approximate surface area is 299 Å². The Morgan fingerprint density at radius 2 is 1.58 bits per heavy atom. The van der Waals surface area contributed by atoms with Crippen molar-refractivity contribution in [2.24, 2.45) is 11.6 Å². The smallest absolute Gasteiger partial charge is 0.116 e. The monoisotopic (exact) mass is 669 g/mol. The molecule has 6 rings (SSSR count). The lowest BCUT2D eigenvalue weighted by molar-refractivity contribution is 0.470. The summed E-state index contributed by atoms with van der Waals surface area (Å²) in [7, 11) is 0. The summed E-state index contributed by atoms with van der Waals surface area (Å²) in [6, 6.07) is 24.9. The summed E-state index contributed by atoms with van der Waals surface area (Å²) in [4.78, 5) is 5.06. The van der Waals surface area contributed by atoms with E-state index in [-0.39, 0.29) is 22.6 Å². The quantitative estimate of drug-likeness (QED) is 0.147. The van der Waals surface area contributed by atoms with Crippen LogP contribution in [-0.4, -0.2) is 29.2 Å². The van der Waals surface area contributed by atoms with Crippen molar-refractivity contribution < 1.29 is 5.11 Å². The maximum Gasteiger partial charge on any atom is 0.116 e. The van der Waals surface area contributed by atoms with Gasteiger partial charge in [-0.15, -0.1) is 0 Å². The number of rotatable bonds is 10. The van der Waals surface area contributed by atoms with Crippen LogP contribution in [0.15, 0.2) is 126 Å². The highest BCUT2D eigenvalue weighted by molar-refractivity contribution is 5.71. The molecule has 3 aromatic carbocycles. The second-order valence-corrected chi connectivity index (χ2v) is 15.0. The van der Waals surface area contributed by atoms with Gasteiger partial charge in [-0.3, -0.25) is 5.01 Å². The van der Waals surface area contributed by atoms with Crippen LogP contribution in [0.2, 0.25) is 0 Å². The number of fused-ring (bicyclic) bond motifs is 2. The van der Waals surface area contributed by atoms with Crippen molar-refractivity contribution >= 4 is 17.1 Å². The number of hydrogen-bond acceptors (Lipinski definition) is 6. The molecule has 2 aliphatic heterocycles. The Morgan fingerprint density at radius 3 is 2.30 bits per heavy atom. The van der Waals surface area contributed by atoms with E-state index in [4.69, 9.17) is 11.6 Å². The number of benzene rings is 3. The number of hydrogen-bond donors (Lipinski definition) is 3. The fourth-order valence-corrected chi connectivity index (χ4v) is 8.35. The molecule has 1 atom stereocenters. The van der Waals surface area contributed by atoms with E-state index in [2.05, 4.69) is 124 Å². The number of nitrogens with two attached hydrogens (primary N) is 2. The van der Waals surface area contributed by atoms with Gasteiger partial charge in [0.1, 0.15) is 5.75 Å². The second-order valence-electron chi connectivity index (χ2n) is 15.0. The molecule has 0 fully saturated rings. The molecule has 3 aliphatic rings. The van der Waals surface area contributed by atoms with Gasteiger partial charge < -0.3 is 20.6 Å². The highest BCUT2D eigenvalue weighted by atomic mass is 16.3. The highest BCUT2D eigenvalue weighted by Crippen LogP contribution is 2.48. The first-order chi connectivity index (χ1) is 24.0. The van der Waals surface area contributed by atoms with Crippen LogP contribution in [0.5, 0.6) is 5.75 Å². The first-order valence-electron chi connectivity index (χ1n) is 18.4. The number of hydrazine groups is 1. The van der Waals surface area contributed by atoms with Crippen LogP contribution in [0.3, 0.4) is 0 Å². The molecule has 0 bridgehead atoms. The number of anilines is 2. The van der Waals surface area contributed by atoms with Crippen LogP contribution in [0.25, 0.3) is 5.70 Å². The molecule has 50 heavy (non-hydrogen) atoms. The zero-order valence-electron chi connectivity index (χ0n) is 30.8. The van der Waals surface area contributed by atoms with Gasteiger partial charge in [0.05, 0.1) is 17.4 Å². The van der Waals surface area contributed by atoms with E-state index < -0.39 is 0 Å². The summed E-state index contributed by atoms with van der Waals surface area (Å²) >= 11 is 0. The molecular formula is C44H55N5O. The van der Waals surface area contributed by atoms with Crippen LogP contribution < -0.4 is 21.4 Å². The topological polar surface area (TPSA) is 82.0 Å². The maximum atomic E-state index is 10.1. The molecule has 6 nitrogen and oxygen atoms in total. The third-order valence-corrected chi connectivity index (χ3v) is 10.8. The minimum Gasteiger partial charge on any atom is -0.508 e. The number of phenolic OH excluding ortho intramolecular Hbond substituents is 1. The van der Waals surface area contributed by atoms with E-state index >= 15 is 0 Å². The summed E-state index contributed by atoms with van der Waals surface area (Å²) in [5, 5.41) is 11.8. The van der Waals surface area contributed by atoms with Gasteiger partial charge >= 0.3 is 0 Å². The summed E-state index contributed by atoms with van der Waals surface area (Å²) < 4.78 is 0. The number of allylic oxidation sites excluding steroid dienone is 6. The Hall–Kier alpha value is -4.68. The van der Waals surface area contributed by atoms with Gasteiger partial charge in [-0.2, -0.15) is 0 Å². The third-order valence-electron chi connectivity index (χ3n) is 10.8. The van der Waals surface area contributed by atoms with E-state index in [0.29, 0.717) is 5.70 Å². The lowest BCUT2D eigenvalue weighted by Gasteiger charge is -2.33. The van der Waals surface area contributed by atoms with Crippen molar-refractivity contribution in [3.63, 3.8) is 0 Å². The molecule has 3 aromatic rings. The SMILES string of the molecule is CCCN1/C(=C/C=C2\CCCC(/C=C/C3N(CCC)c4ccccc4C3(C)C)=C2N(N)/C=C(\N)c2cccc(O)c2)C(C)(C)c2ccccc21. The Kier molecular flexibility index (Phi) is 10.0. The Bertz CT molecular complexity index is 1880. The lowest BCUT2D eigenvalue weighted by atomic mass is 9.80. The minimum absolute atomic E-state index is 0.0470. The summed E-state index contributed by atoms with van der Waals surface area (Å²) in [6.07, 6.45) is 16.1. The van der Waals surface area contributed by atoms with Crippen molar-refractivity contribution in [1.29, 1.82) is 0 Å². The Morgan fingerprint density at radius 1 is 0.880 bits per heavy atom. The summed E-state index contributed by atoms with van der Waals surface area (Å²) in [6.45, 7) is 15.8. The van der Waals surface area contributed by atoms with E-state index in [1.165, 1.54) is 39.3 Å². The van der Waals surface area contributed by atoms with E-state index in [1.807, 2.05) is 6.07 Å². The predicted octanol–water partition coefficient (Wildman–Crippen LogP) is 9.41. The standard InChI is InChI=1S/C44H55N5O/c1-7-27-47-38-21-11-9-19-35(38)43(3,4)40(47)25-23-31-15-13-16-32(42(31)49(46)30-37(45)33-17-14-18-34(50)29-33)24-26-41-44(5,6)36-20-10-12-22-39(36)48(41)28-8-2/h9-12,14,17-26,29-30,40,50H,7-8,13,15-16,27-28,45-46H2,1-6H3/b25-23+,32-24+,37-30-,41-26+. The van der Waals surface area contributed by atoms with Crippen molar-refractivity contribution in [1.82, 2.24) is 5.01 Å². The second kappa shape index (κ2) is 14.3. The van der Waals surface area contributed by atoms with Gasteiger partial charge in [0.15, 0.2) is 0 Å². The number of phenols is 1. The molecule has 0 spiro atoms. The fourth-order valence-electron chi connectivity index (χ4n) is 8.35. The average molecular weight is 670 g/mol. The molecular weight excluding hydrogens is 615 g/mol. The van der Waals surface area contributed by atoms with Crippen LogP contribution in [0.1, 0.15) is 90.3 Å². The third kappa shape index (κ3) is 6.49. The van der Waals surface area contributed by atoms with Crippen molar-refractivity contribution in [3.8, 4) is 5.75 Å². The van der Waals surface area contributed by atoms with E-state index in [0.717, 1.165) is 56.5 Å². The largest absolute Gasteiger partial charge is 0.508 e. The molecule has 0 saturated carbocycles.